The summed E-state index contributed by atoms with van der Waals surface area (Å²) in [6.45, 7) is 3.12. The van der Waals surface area contributed by atoms with E-state index in [-0.39, 0.29) is 11.8 Å². The number of amides is 1. The number of benzene rings is 1. The van der Waals surface area contributed by atoms with Gasteiger partial charge in [-0.05, 0) is 56.6 Å². The van der Waals surface area contributed by atoms with Crippen molar-refractivity contribution in [3.8, 4) is 11.1 Å². The van der Waals surface area contributed by atoms with Crippen molar-refractivity contribution in [1.29, 1.82) is 0 Å². The Hall–Kier alpha value is -2.60. The Morgan fingerprint density at radius 2 is 2.12 bits per heavy atom. The van der Waals surface area contributed by atoms with Gasteiger partial charge in [-0.25, -0.2) is 0 Å². The van der Waals surface area contributed by atoms with Gasteiger partial charge in [0.25, 0.3) is 0 Å². The second kappa shape index (κ2) is 6.72. The van der Waals surface area contributed by atoms with Gasteiger partial charge in [0.2, 0.25) is 5.91 Å². The normalized spacial score (nSPS) is 16.5. The minimum Gasteiger partial charge on any atom is -0.472 e. The van der Waals surface area contributed by atoms with Gasteiger partial charge in [-0.3, -0.25) is 9.89 Å². The lowest BCUT2D eigenvalue weighted by Gasteiger charge is -2.18. The van der Waals surface area contributed by atoms with E-state index in [0.717, 1.165) is 53.8 Å². The molecule has 2 aromatic heterocycles. The Balaban J connectivity index is 1.60. The van der Waals surface area contributed by atoms with Crippen LogP contribution in [0.15, 0.2) is 41.2 Å². The molecular weight excluding hydrogens is 316 g/mol. The number of furan rings is 1. The zero-order chi connectivity index (χ0) is 17.2. The third-order valence-corrected chi connectivity index (χ3v) is 5.06. The van der Waals surface area contributed by atoms with Crippen LogP contribution in [0.4, 0.5) is 0 Å². The molecule has 1 fully saturated rings. The first-order valence-corrected chi connectivity index (χ1v) is 8.74. The van der Waals surface area contributed by atoms with Crippen molar-refractivity contribution in [2.24, 2.45) is 5.73 Å². The first kappa shape index (κ1) is 15.9. The van der Waals surface area contributed by atoms with E-state index in [9.17, 15) is 4.79 Å². The summed E-state index contributed by atoms with van der Waals surface area (Å²) in [6.07, 6.45) is 6.56. The Labute approximate surface area is 146 Å². The highest BCUT2D eigenvalue weighted by molar-refractivity contribution is 5.91. The number of aromatic amines is 1. The van der Waals surface area contributed by atoms with Crippen molar-refractivity contribution in [2.45, 2.75) is 25.2 Å². The SMILES string of the molecule is NC(=O)C(CCN1CCCC1)c1[nH]nc2cc(-c3ccoc3)ccc12. The second-order valence-electron chi connectivity index (χ2n) is 6.67. The molecule has 1 amide bonds. The molecule has 1 aliphatic heterocycles. The van der Waals surface area contributed by atoms with Gasteiger partial charge in [-0.1, -0.05) is 12.1 Å². The fraction of sp³-hybridized carbons (Fsp3) is 0.368. The highest BCUT2D eigenvalue weighted by Gasteiger charge is 2.24. The first-order valence-electron chi connectivity index (χ1n) is 8.74. The molecule has 0 spiro atoms. The van der Waals surface area contributed by atoms with Crippen molar-refractivity contribution in [1.82, 2.24) is 15.1 Å². The fourth-order valence-corrected chi connectivity index (χ4v) is 3.65. The van der Waals surface area contributed by atoms with Gasteiger partial charge in [-0.2, -0.15) is 5.10 Å². The monoisotopic (exact) mass is 338 g/mol. The van der Waals surface area contributed by atoms with Crippen molar-refractivity contribution in [3.05, 3.63) is 42.5 Å². The van der Waals surface area contributed by atoms with E-state index in [0.29, 0.717) is 0 Å². The number of nitrogens with one attached hydrogen (secondary N) is 1. The van der Waals surface area contributed by atoms with E-state index < -0.39 is 0 Å². The maximum atomic E-state index is 12.0. The summed E-state index contributed by atoms with van der Waals surface area (Å²) in [5, 5.41) is 8.40. The van der Waals surface area contributed by atoms with Crippen LogP contribution in [0.3, 0.4) is 0 Å². The second-order valence-corrected chi connectivity index (χ2v) is 6.67. The molecule has 1 aromatic carbocycles. The zero-order valence-electron chi connectivity index (χ0n) is 14.1. The van der Waals surface area contributed by atoms with Crippen LogP contribution in [0, 0.1) is 0 Å². The topological polar surface area (TPSA) is 88.2 Å². The molecule has 1 atom stereocenters. The smallest absolute Gasteiger partial charge is 0.226 e. The first-order chi connectivity index (χ1) is 12.2. The number of H-pyrrole nitrogens is 1. The van der Waals surface area contributed by atoms with Crippen molar-refractivity contribution in [2.75, 3.05) is 19.6 Å². The molecule has 3 N–H and O–H groups in total. The molecule has 3 heterocycles. The molecule has 0 radical (unpaired) electrons. The number of nitrogens with two attached hydrogens (primary N) is 1. The van der Waals surface area contributed by atoms with Gasteiger partial charge < -0.3 is 15.1 Å². The number of hydrogen-bond acceptors (Lipinski definition) is 4. The van der Waals surface area contributed by atoms with Crippen LogP contribution in [0.25, 0.3) is 22.0 Å². The number of hydrogen-bond donors (Lipinski definition) is 2. The average molecular weight is 338 g/mol. The number of carbonyl (C=O) groups excluding carboxylic acids is 1. The quantitative estimate of drug-likeness (QED) is 0.723. The van der Waals surface area contributed by atoms with Crippen LogP contribution in [0.2, 0.25) is 0 Å². The van der Waals surface area contributed by atoms with Crippen molar-refractivity contribution >= 4 is 16.8 Å². The average Bonchev–Trinajstić information content (AvgIpc) is 3.36. The number of carbonyl (C=O) groups is 1. The van der Waals surface area contributed by atoms with Gasteiger partial charge in [0.1, 0.15) is 0 Å². The molecule has 3 aromatic rings. The highest BCUT2D eigenvalue weighted by atomic mass is 16.3. The molecule has 4 rings (SSSR count). The number of aromatic nitrogens is 2. The van der Waals surface area contributed by atoms with Gasteiger partial charge in [-0.15, -0.1) is 0 Å². The Kier molecular flexibility index (Phi) is 4.28. The van der Waals surface area contributed by atoms with Crippen LogP contribution in [-0.4, -0.2) is 40.6 Å². The van der Waals surface area contributed by atoms with Crippen molar-refractivity contribution in [3.63, 3.8) is 0 Å². The van der Waals surface area contributed by atoms with Gasteiger partial charge in [0, 0.05) is 10.9 Å². The maximum absolute atomic E-state index is 12.0. The van der Waals surface area contributed by atoms with Gasteiger partial charge >= 0.3 is 0 Å². The molecule has 130 valence electrons. The van der Waals surface area contributed by atoms with Crippen LogP contribution in [0.1, 0.15) is 30.9 Å². The fourth-order valence-electron chi connectivity index (χ4n) is 3.65. The number of fused-ring (bicyclic) bond motifs is 1. The molecule has 0 saturated carbocycles. The largest absolute Gasteiger partial charge is 0.472 e. The summed E-state index contributed by atoms with van der Waals surface area (Å²) >= 11 is 0. The summed E-state index contributed by atoms with van der Waals surface area (Å²) in [7, 11) is 0. The van der Waals surface area contributed by atoms with Crippen LogP contribution in [-0.2, 0) is 4.79 Å². The molecule has 25 heavy (non-hydrogen) atoms. The molecule has 6 nitrogen and oxygen atoms in total. The molecule has 1 saturated heterocycles. The summed E-state index contributed by atoms with van der Waals surface area (Å²) in [6, 6.07) is 7.93. The Bertz CT molecular complexity index is 863. The van der Waals surface area contributed by atoms with Crippen molar-refractivity contribution < 1.29 is 9.21 Å². The lowest BCUT2D eigenvalue weighted by Crippen LogP contribution is -2.28. The number of rotatable bonds is 6. The number of likely N-dealkylation sites (tertiary alicyclic amines) is 1. The zero-order valence-corrected chi connectivity index (χ0v) is 14.1. The van der Waals surface area contributed by atoms with Gasteiger partial charge in [0.05, 0.1) is 29.7 Å². The van der Waals surface area contributed by atoms with Crippen LogP contribution in [0.5, 0.6) is 0 Å². The van der Waals surface area contributed by atoms with E-state index >= 15 is 0 Å². The minimum atomic E-state index is -0.342. The third kappa shape index (κ3) is 3.17. The molecule has 0 aliphatic carbocycles. The summed E-state index contributed by atoms with van der Waals surface area (Å²) in [4.78, 5) is 14.4. The Morgan fingerprint density at radius 1 is 1.28 bits per heavy atom. The molecule has 6 heteroatoms. The minimum absolute atomic E-state index is 0.302. The highest BCUT2D eigenvalue weighted by Crippen LogP contribution is 2.30. The Morgan fingerprint density at radius 3 is 2.84 bits per heavy atom. The molecule has 1 aliphatic rings. The third-order valence-electron chi connectivity index (χ3n) is 5.06. The molecular formula is C19H22N4O2. The predicted octanol–water partition coefficient (Wildman–Crippen LogP) is 2.88. The van der Waals surface area contributed by atoms with E-state index in [1.54, 1.807) is 12.5 Å². The standard InChI is InChI=1S/C19H22N4O2/c20-19(24)16(5-9-23-7-1-2-8-23)18-15-4-3-13(11-17(15)21-22-18)14-6-10-25-12-14/h3-4,6,10-12,16H,1-2,5,7-9H2,(H2,20,24)(H,21,22). The summed E-state index contributed by atoms with van der Waals surface area (Å²) in [5.41, 5.74) is 9.39. The maximum Gasteiger partial charge on any atom is 0.226 e. The summed E-state index contributed by atoms with van der Waals surface area (Å²) in [5.74, 6) is -0.644. The van der Waals surface area contributed by atoms with Crippen LogP contribution >= 0.6 is 0 Å². The van der Waals surface area contributed by atoms with E-state index in [2.05, 4.69) is 15.1 Å². The van der Waals surface area contributed by atoms with E-state index in [4.69, 9.17) is 10.2 Å². The lowest BCUT2D eigenvalue weighted by molar-refractivity contribution is -0.119. The van der Waals surface area contributed by atoms with E-state index in [1.807, 2.05) is 24.3 Å². The number of primary amides is 1. The predicted molar refractivity (Wildman–Crippen MR) is 96.0 cm³/mol. The molecule has 0 bridgehead atoms. The van der Waals surface area contributed by atoms with Gasteiger partial charge in [0.15, 0.2) is 0 Å². The lowest BCUT2D eigenvalue weighted by atomic mass is 9.96. The summed E-state index contributed by atoms with van der Waals surface area (Å²) < 4.78 is 5.14. The number of nitrogens with zero attached hydrogens (tertiary/aromatic N) is 2. The van der Waals surface area contributed by atoms with Crippen LogP contribution < -0.4 is 5.73 Å². The van der Waals surface area contributed by atoms with E-state index in [1.165, 1.54) is 12.8 Å². The molecule has 1 unspecified atom stereocenters.